The van der Waals surface area contributed by atoms with Crippen LogP contribution in [-0.2, 0) is 10.9 Å². The maximum Gasteiger partial charge on any atom is 0.433 e. The Balaban J connectivity index is 2.31. The van der Waals surface area contributed by atoms with Gasteiger partial charge in [-0.1, -0.05) is 0 Å². The highest BCUT2D eigenvalue weighted by Gasteiger charge is 2.37. The van der Waals surface area contributed by atoms with Crippen LogP contribution in [0.5, 0.6) is 0 Å². The molecule has 1 aromatic heterocycles. The lowest BCUT2D eigenvalue weighted by Crippen LogP contribution is -2.24. The summed E-state index contributed by atoms with van der Waals surface area (Å²) in [7, 11) is 0. The van der Waals surface area contributed by atoms with Crippen LogP contribution in [0.15, 0.2) is 10.7 Å². The molecule has 1 aliphatic rings. The molecule has 0 aromatic carbocycles. The van der Waals surface area contributed by atoms with Gasteiger partial charge in [0.2, 0.25) is 0 Å². The highest BCUT2D eigenvalue weighted by Crippen LogP contribution is 2.34. The summed E-state index contributed by atoms with van der Waals surface area (Å²) in [5.41, 5.74) is -0.772. The Labute approximate surface area is 98.7 Å². The SMILES string of the molecule is FC(F)(F)c1cc(Br)nn1C1CCCCO1. The summed E-state index contributed by atoms with van der Waals surface area (Å²) in [6, 6.07) is 0.970. The Morgan fingerprint density at radius 2 is 2.19 bits per heavy atom. The smallest absolute Gasteiger partial charge is 0.356 e. The normalized spacial score (nSPS) is 22.4. The number of nitrogens with zero attached hydrogens (tertiary/aromatic N) is 2. The summed E-state index contributed by atoms with van der Waals surface area (Å²) in [5, 5.41) is 3.79. The van der Waals surface area contributed by atoms with Crippen molar-refractivity contribution in [2.24, 2.45) is 0 Å². The molecule has 0 bridgehead atoms. The van der Waals surface area contributed by atoms with Gasteiger partial charge in [0.05, 0.1) is 0 Å². The van der Waals surface area contributed by atoms with Crippen LogP contribution >= 0.6 is 15.9 Å². The fraction of sp³-hybridized carbons (Fsp3) is 0.667. The van der Waals surface area contributed by atoms with E-state index in [0.29, 0.717) is 13.0 Å². The van der Waals surface area contributed by atoms with Crippen LogP contribution in [0.2, 0.25) is 0 Å². The minimum Gasteiger partial charge on any atom is -0.356 e. The number of halogens is 4. The average molecular weight is 299 g/mol. The van der Waals surface area contributed by atoms with Gasteiger partial charge in [-0.25, -0.2) is 4.68 Å². The van der Waals surface area contributed by atoms with Crippen LogP contribution < -0.4 is 0 Å². The summed E-state index contributed by atoms with van der Waals surface area (Å²) in [5.74, 6) is 0. The Morgan fingerprint density at radius 3 is 2.75 bits per heavy atom. The summed E-state index contributed by atoms with van der Waals surface area (Å²) in [6.07, 6.45) is -2.69. The highest BCUT2D eigenvalue weighted by molar-refractivity contribution is 9.10. The first-order chi connectivity index (χ1) is 7.48. The van der Waals surface area contributed by atoms with Crippen LogP contribution in [0.1, 0.15) is 31.2 Å². The predicted molar refractivity (Wildman–Crippen MR) is 53.8 cm³/mol. The van der Waals surface area contributed by atoms with E-state index in [0.717, 1.165) is 23.6 Å². The van der Waals surface area contributed by atoms with Gasteiger partial charge < -0.3 is 4.74 Å². The van der Waals surface area contributed by atoms with Crippen LogP contribution in [0, 0.1) is 0 Å². The third-order valence-corrected chi connectivity index (χ3v) is 2.81. The quantitative estimate of drug-likeness (QED) is 0.795. The van der Waals surface area contributed by atoms with Gasteiger partial charge in [-0.3, -0.25) is 0 Å². The molecule has 2 heterocycles. The molecule has 90 valence electrons. The van der Waals surface area contributed by atoms with Gasteiger partial charge in [-0.05, 0) is 35.2 Å². The van der Waals surface area contributed by atoms with Gasteiger partial charge in [0, 0.05) is 12.7 Å². The van der Waals surface area contributed by atoms with Crippen LogP contribution in [-0.4, -0.2) is 16.4 Å². The monoisotopic (exact) mass is 298 g/mol. The molecular formula is C9H10BrF3N2O. The van der Waals surface area contributed by atoms with Crippen LogP contribution in [0.4, 0.5) is 13.2 Å². The average Bonchev–Trinajstić information content (AvgIpc) is 2.61. The number of hydrogen-bond acceptors (Lipinski definition) is 2. The minimum absolute atomic E-state index is 0.175. The van der Waals surface area contributed by atoms with Gasteiger partial charge in [-0.2, -0.15) is 18.3 Å². The van der Waals surface area contributed by atoms with Gasteiger partial charge >= 0.3 is 6.18 Å². The molecule has 0 N–H and O–H groups in total. The number of ether oxygens (including phenoxy) is 1. The van der Waals surface area contributed by atoms with Crippen LogP contribution in [0.25, 0.3) is 0 Å². The second-order valence-electron chi connectivity index (χ2n) is 3.62. The zero-order valence-electron chi connectivity index (χ0n) is 8.30. The third-order valence-electron chi connectivity index (χ3n) is 2.42. The van der Waals surface area contributed by atoms with Crippen molar-refractivity contribution < 1.29 is 17.9 Å². The van der Waals surface area contributed by atoms with Gasteiger partial charge in [0.1, 0.15) is 10.3 Å². The molecule has 3 nitrogen and oxygen atoms in total. The second kappa shape index (κ2) is 4.37. The Kier molecular flexibility index (Phi) is 3.25. The molecule has 7 heteroatoms. The predicted octanol–water partition coefficient (Wildman–Crippen LogP) is 3.36. The molecule has 1 fully saturated rings. The molecule has 1 aromatic rings. The molecule has 0 spiro atoms. The van der Waals surface area contributed by atoms with E-state index in [9.17, 15) is 13.2 Å². The largest absolute Gasteiger partial charge is 0.433 e. The lowest BCUT2D eigenvalue weighted by Gasteiger charge is -2.24. The summed E-state index contributed by atoms with van der Waals surface area (Å²) in [4.78, 5) is 0. The van der Waals surface area contributed by atoms with E-state index >= 15 is 0 Å². The topological polar surface area (TPSA) is 27.1 Å². The standard InChI is InChI=1S/C9H10BrF3N2O/c10-7-5-6(9(11,12)13)15(14-7)8-3-1-2-4-16-8/h5,8H,1-4H2. The highest BCUT2D eigenvalue weighted by atomic mass is 79.9. The molecule has 0 amide bonds. The van der Waals surface area contributed by atoms with Crippen LogP contribution in [0.3, 0.4) is 0 Å². The maximum absolute atomic E-state index is 12.7. The Bertz CT molecular complexity index is 371. The first kappa shape index (κ1) is 11.9. The van der Waals surface area contributed by atoms with E-state index in [-0.39, 0.29) is 4.60 Å². The molecule has 1 atom stereocenters. The molecule has 16 heavy (non-hydrogen) atoms. The molecule has 1 aliphatic heterocycles. The lowest BCUT2D eigenvalue weighted by molar-refractivity contribution is -0.152. The molecule has 0 aliphatic carbocycles. The molecule has 0 saturated carbocycles. The Morgan fingerprint density at radius 1 is 1.44 bits per heavy atom. The molecule has 0 radical (unpaired) electrons. The second-order valence-corrected chi connectivity index (χ2v) is 4.43. The third kappa shape index (κ3) is 2.40. The van der Waals surface area contributed by atoms with E-state index in [2.05, 4.69) is 21.0 Å². The number of alkyl halides is 3. The van der Waals surface area contributed by atoms with Crippen molar-refractivity contribution in [3.05, 3.63) is 16.4 Å². The molecule has 2 rings (SSSR count). The van der Waals surface area contributed by atoms with E-state index in [1.807, 2.05) is 0 Å². The van der Waals surface area contributed by atoms with Crippen molar-refractivity contribution in [1.82, 2.24) is 9.78 Å². The first-order valence-corrected chi connectivity index (χ1v) is 5.71. The first-order valence-electron chi connectivity index (χ1n) is 4.92. The molecule has 1 saturated heterocycles. The summed E-state index contributed by atoms with van der Waals surface area (Å²) >= 11 is 2.95. The zero-order valence-corrected chi connectivity index (χ0v) is 9.88. The molecule has 1 unspecified atom stereocenters. The van der Waals surface area contributed by atoms with Gasteiger partial charge in [0.15, 0.2) is 6.23 Å². The fourth-order valence-electron chi connectivity index (χ4n) is 1.71. The number of hydrogen-bond donors (Lipinski definition) is 0. The summed E-state index contributed by atoms with van der Waals surface area (Å²) in [6.45, 7) is 0.486. The van der Waals surface area contributed by atoms with Crippen molar-refractivity contribution in [1.29, 1.82) is 0 Å². The van der Waals surface area contributed by atoms with Crippen molar-refractivity contribution >= 4 is 15.9 Å². The van der Waals surface area contributed by atoms with E-state index < -0.39 is 18.1 Å². The van der Waals surface area contributed by atoms with E-state index in [4.69, 9.17) is 4.74 Å². The van der Waals surface area contributed by atoms with Gasteiger partial charge in [0.25, 0.3) is 0 Å². The summed E-state index contributed by atoms with van der Waals surface area (Å²) < 4.78 is 44.4. The number of aromatic nitrogens is 2. The maximum atomic E-state index is 12.7. The van der Waals surface area contributed by atoms with Crippen molar-refractivity contribution in [3.8, 4) is 0 Å². The van der Waals surface area contributed by atoms with E-state index in [1.165, 1.54) is 0 Å². The van der Waals surface area contributed by atoms with Crippen molar-refractivity contribution in [2.75, 3.05) is 6.61 Å². The zero-order chi connectivity index (χ0) is 11.8. The number of rotatable bonds is 1. The van der Waals surface area contributed by atoms with Gasteiger partial charge in [-0.15, -0.1) is 0 Å². The fourth-order valence-corrected chi connectivity index (χ4v) is 2.10. The molecular weight excluding hydrogens is 289 g/mol. The minimum atomic E-state index is -4.40. The Hall–Kier alpha value is -0.560. The van der Waals surface area contributed by atoms with E-state index in [1.54, 1.807) is 0 Å². The van der Waals surface area contributed by atoms with Crippen molar-refractivity contribution in [2.45, 2.75) is 31.7 Å². The van der Waals surface area contributed by atoms with Crippen molar-refractivity contribution in [3.63, 3.8) is 0 Å². The lowest BCUT2D eigenvalue weighted by atomic mass is 10.2.